The second-order valence-electron chi connectivity index (χ2n) is 7.35. The van der Waals surface area contributed by atoms with Gasteiger partial charge in [0.1, 0.15) is 0 Å². The summed E-state index contributed by atoms with van der Waals surface area (Å²) >= 11 is 0. The number of aromatic nitrogens is 2. The molecular weight excluding hydrogens is 368 g/mol. The molecule has 0 saturated heterocycles. The summed E-state index contributed by atoms with van der Waals surface area (Å²) in [5, 5.41) is 0. The topological polar surface area (TPSA) is 45.7 Å². The van der Waals surface area contributed by atoms with E-state index in [0.29, 0.717) is 0 Å². The van der Waals surface area contributed by atoms with E-state index < -0.39 is 0 Å². The maximum absolute atomic E-state index is 5.73. The minimum absolute atomic E-state index is 0.777. The van der Waals surface area contributed by atoms with Crippen molar-refractivity contribution in [2.75, 3.05) is 28.4 Å². The predicted molar refractivity (Wildman–Crippen MR) is 109 cm³/mol. The molecule has 0 radical (unpaired) electrons. The van der Waals surface area contributed by atoms with Gasteiger partial charge in [-0.25, -0.2) is 9.13 Å². The van der Waals surface area contributed by atoms with Crippen LogP contribution in [0.2, 0.25) is 0 Å². The lowest BCUT2D eigenvalue weighted by Gasteiger charge is -2.22. The Hall–Kier alpha value is -3.15. The van der Waals surface area contributed by atoms with Crippen molar-refractivity contribution in [1.29, 1.82) is 0 Å². The van der Waals surface area contributed by atoms with E-state index in [0.717, 1.165) is 48.9 Å². The molecular formula is C23H25N2O4+. The molecule has 0 spiro atoms. The Balaban J connectivity index is 1.78. The van der Waals surface area contributed by atoms with E-state index in [1.165, 1.54) is 33.6 Å². The Morgan fingerprint density at radius 1 is 0.759 bits per heavy atom. The summed E-state index contributed by atoms with van der Waals surface area (Å²) in [7, 11) is 6.79. The lowest BCUT2D eigenvalue weighted by atomic mass is 9.90. The van der Waals surface area contributed by atoms with E-state index in [4.69, 9.17) is 18.9 Å². The smallest absolute Gasteiger partial charge is 0.244 e. The van der Waals surface area contributed by atoms with Crippen molar-refractivity contribution < 1.29 is 23.5 Å². The minimum Gasteiger partial charge on any atom is -0.493 e. The van der Waals surface area contributed by atoms with Crippen molar-refractivity contribution in [3.8, 4) is 45.5 Å². The van der Waals surface area contributed by atoms with Crippen LogP contribution in [-0.4, -0.2) is 33.0 Å². The van der Waals surface area contributed by atoms with Crippen LogP contribution in [0.25, 0.3) is 22.5 Å². The number of methoxy groups -OCH3 is 4. The average molecular weight is 393 g/mol. The first-order valence-corrected chi connectivity index (χ1v) is 9.82. The van der Waals surface area contributed by atoms with Gasteiger partial charge in [0.15, 0.2) is 34.4 Å². The van der Waals surface area contributed by atoms with Gasteiger partial charge in [-0.1, -0.05) is 0 Å². The highest BCUT2D eigenvalue weighted by molar-refractivity contribution is 5.84. The number of aryl methyl sites for hydroxylation is 2. The van der Waals surface area contributed by atoms with Crippen LogP contribution in [0.4, 0.5) is 0 Å². The van der Waals surface area contributed by atoms with Crippen molar-refractivity contribution in [3.05, 3.63) is 41.7 Å². The molecule has 3 aromatic rings. The number of hydrogen-bond acceptors (Lipinski definition) is 4. The quantitative estimate of drug-likeness (QED) is 0.639. The van der Waals surface area contributed by atoms with Crippen LogP contribution in [-0.2, 0) is 25.9 Å². The van der Waals surface area contributed by atoms with E-state index in [2.05, 4.69) is 27.6 Å². The number of benzene rings is 2. The molecule has 1 aromatic heterocycles. The van der Waals surface area contributed by atoms with Gasteiger partial charge in [-0.3, -0.25) is 0 Å². The number of imidazole rings is 1. The predicted octanol–water partition coefficient (Wildman–Crippen LogP) is 3.26. The largest absolute Gasteiger partial charge is 0.493 e. The summed E-state index contributed by atoms with van der Waals surface area (Å²) in [5.41, 5.74) is 7.25. The molecule has 2 aliphatic rings. The van der Waals surface area contributed by atoms with Gasteiger partial charge < -0.3 is 18.9 Å². The Morgan fingerprint density at radius 2 is 1.38 bits per heavy atom. The molecule has 0 fully saturated rings. The highest BCUT2D eigenvalue weighted by atomic mass is 16.5. The molecule has 6 nitrogen and oxygen atoms in total. The van der Waals surface area contributed by atoms with Crippen molar-refractivity contribution in [1.82, 2.24) is 4.57 Å². The molecule has 2 aliphatic heterocycles. The van der Waals surface area contributed by atoms with Gasteiger partial charge in [0.05, 0.1) is 41.5 Å². The van der Waals surface area contributed by atoms with Gasteiger partial charge in [-0.05, 0) is 24.3 Å². The number of hydrogen-bond donors (Lipinski definition) is 0. The van der Waals surface area contributed by atoms with Gasteiger partial charge >= 0.3 is 0 Å². The Labute approximate surface area is 170 Å². The monoisotopic (exact) mass is 393 g/mol. The minimum atomic E-state index is 0.777. The maximum Gasteiger partial charge on any atom is 0.244 e. The third-order valence-corrected chi connectivity index (χ3v) is 6.09. The van der Waals surface area contributed by atoms with Gasteiger partial charge in [-0.15, -0.1) is 0 Å². The molecule has 5 rings (SSSR count). The third kappa shape index (κ3) is 2.44. The molecule has 0 amide bonds. The zero-order valence-corrected chi connectivity index (χ0v) is 17.2. The Morgan fingerprint density at radius 3 is 2.00 bits per heavy atom. The molecule has 2 aromatic carbocycles. The molecule has 150 valence electrons. The molecule has 0 unspecified atom stereocenters. The first kappa shape index (κ1) is 17.9. The molecule has 0 atom stereocenters. The van der Waals surface area contributed by atoms with Gasteiger partial charge in [0.2, 0.25) is 6.33 Å². The number of fused-ring (bicyclic) bond motifs is 7. The van der Waals surface area contributed by atoms with E-state index in [1.54, 1.807) is 28.4 Å². The molecule has 3 heterocycles. The van der Waals surface area contributed by atoms with E-state index in [9.17, 15) is 0 Å². The second kappa shape index (κ2) is 6.72. The fourth-order valence-corrected chi connectivity index (χ4v) is 4.85. The van der Waals surface area contributed by atoms with Crippen molar-refractivity contribution in [2.24, 2.45) is 0 Å². The van der Waals surface area contributed by atoms with E-state index in [-0.39, 0.29) is 0 Å². The highest BCUT2D eigenvalue weighted by Crippen LogP contribution is 2.47. The lowest BCUT2D eigenvalue weighted by Crippen LogP contribution is -2.38. The Bertz CT molecular complexity index is 1030. The van der Waals surface area contributed by atoms with Crippen LogP contribution in [0, 0.1) is 0 Å². The molecule has 29 heavy (non-hydrogen) atoms. The van der Waals surface area contributed by atoms with Crippen LogP contribution in [0.3, 0.4) is 0 Å². The zero-order chi connectivity index (χ0) is 20.1. The van der Waals surface area contributed by atoms with E-state index >= 15 is 0 Å². The summed E-state index contributed by atoms with van der Waals surface area (Å²) in [6.45, 7) is 1.82. The second-order valence-corrected chi connectivity index (χ2v) is 7.35. The zero-order valence-electron chi connectivity index (χ0n) is 17.2. The standard InChI is InChI=1S/C23H25N2O4/c1-26-18-7-5-14-16(22(18)28-3)9-11-24-13-25-12-10-17-15(21(25)20(14)24)6-8-19(27-2)23(17)29-4/h5-8,13H,9-12H2,1-4H3/q+1. The van der Waals surface area contributed by atoms with E-state index in [1.807, 2.05) is 12.1 Å². The number of rotatable bonds is 4. The molecule has 0 aliphatic carbocycles. The van der Waals surface area contributed by atoms with Crippen molar-refractivity contribution in [3.63, 3.8) is 0 Å². The number of ether oxygens (including phenoxy) is 4. The SMILES string of the molecule is COc1ccc2c(c1OC)CCn1c[n+]3c(c1-2)-c1ccc(OC)c(OC)c1CC3. The van der Waals surface area contributed by atoms with Crippen LogP contribution < -0.4 is 23.5 Å². The summed E-state index contributed by atoms with van der Waals surface area (Å²) in [6.07, 6.45) is 4.06. The normalized spacial score (nSPS) is 13.7. The van der Waals surface area contributed by atoms with Crippen LogP contribution >= 0.6 is 0 Å². The summed E-state index contributed by atoms with van der Waals surface area (Å²) in [6, 6.07) is 8.29. The van der Waals surface area contributed by atoms with Crippen LogP contribution in [0.5, 0.6) is 23.0 Å². The van der Waals surface area contributed by atoms with Gasteiger partial charge in [0, 0.05) is 35.1 Å². The molecule has 0 N–H and O–H groups in total. The summed E-state index contributed by atoms with van der Waals surface area (Å²) < 4.78 is 27.2. The molecule has 0 saturated carbocycles. The summed E-state index contributed by atoms with van der Waals surface area (Å²) in [4.78, 5) is 0. The molecule has 0 bridgehead atoms. The Kier molecular flexibility index (Phi) is 4.15. The fraction of sp³-hybridized carbons (Fsp3) is 0.348. The first-order chi connectivity index (χ1) is 14.2. The third-order valence-electron chi connectivity index (χ3n) is 6.09. The lowest BCUT2D eigenvalue weighted by molar-refractivity contribution is -0.687. The average Bonchev–Trinajstić information content (AvgIpc) is 3.16. The summed E-state index contributed by atoms with van der Waals surface area (Å²) in [5.74, 6) is 3.22. The fourth-order valence-electron chi connectivity index (χ4n) is 4.85. The van der Waals surface area contributed by atoms with Crippen molar-refractivity contribution >= 4 is 0 Å². The van der Waals surface area contributed by atoms with Crippen molar-refractivity contribution in [2.45, 2.75) is 25.9 Å². The van der Waals surface area contributed by atoms with Gasteiger partial charge in [0.25, 0.3) is 0 Å². The van der Waals surface area contributed by atoms with Crippen LogP contribution in [0.1, 0.15) is 11.1 Å². The van der Waals surface area contributed by atoms with Crippen LogP contribution in [0.15, 0.2) is 30.6 Å². The highest BCUT2D eigenvalue weighted by Gasteiger charge is 2.36. The first-order valence-electron chi connectivity index (χ1n) is 9.82. The number of nitrogens with zero attached hydrogens (tertiary/aromatic N) is 2. The van der Waals surface area contributed by atoms with Gasteiger partial charge in [-0.2, -0.15) is 0 Å². The molecule has 6 heteroatoms. The maximum atomic E-state index is 5.73.